The summed E-state index contributed by atoms with van der Waals surface area (Å²) in [5.74, 6) is -0.196. The summed E-state index contributed by atoms with van der Waals surface area (Å²) in [5.41, 5.74) is 0. The van der Waals surface area contributed by atoms with Gasteiger partial charge in [0, 0.05) is 20.2 Å². The number of hydrogen-bond acceptors (Lipinski definition) is 4. The molecule has 0 radical (unpaired) electrons. The van der Waals surface area contributed by atoms with Crippen molar-refractivity contribution in [2.24, 2.45) is 5.92 Å². The molecule has 0 bridgehead atoms. The molecule has 0 unspecified atom stereocenters. The normalized spacial score (nSPS) is 29.8. The van der Waals surface area contributed by atoms with Crippen LogP contribution in [0.25, 0.3) is 0 Å². The summed E-state index contributed by atoms with van der Waals surface area (Å²) in [6.07, 6.45) is 0.902. The van der Waals surface area contributed by atoms with E-state index in [4.69, 9.17) is 4.74 Å². The van der Waals surface area contributed by atoms with E-state index in [1.165, 1.54) is 7.11 Å². The molecule has 0 aromatic heterocycles. The van der Waals surface area contributed by atoms with Gasteiger partial charge in [-0.2, -0.15) is 0 Å². The van der Waals surface area contributed by atoms with Crippen LogP contribution in [0.4, 0.5) is 0 Å². The summed E-state index contributed by atoms with van der Waals surface area (Å²) in [7, 11) is 3.07. The van der Waals surface area contributed by atoms with Crippen LogP contribution in [0.2, 0.25) is 0 Å². The lowest BCUT2D eigenvalue weighted by molar-refractivity contribution is -0.147. The monoisotopic (exact) mass is 173 g/mol. The zero-order valence-electron chi connectivity index (χ0n) is 7.50. The first-order valence-electron chi connectivity index (χ1n) is 4.09. The fourth-order valence-electron chi connectivity index (χ4n) is 1.43. The summed E-state index contributed by atoms with van der Waals surface area (Å²) in [6.45, 7) is 1.52. The maximum absolute atomic E-state index is 11.1. The molecule has 0 aliphatic carbocycles. The fourth-order valence-corrected chi connectivity index (χ4v) is 1.43. The van der Waals surface area contributed by atoms with Crippen molar-refractivity contribution < 1.29 is 14.3 Å². The molecule has 0 aromatic rings. The minimum Gasteiger partial charge on any atom is -0.469 e. The standard InChI is InChI=1S/C8H15NO3/c1-11-7-3-6(4-9-5-7)8(10)12-2/h6-7,9H,3-5H2,1-2H3/t6-,7-/m0/s1. The molecule has 0 spiro atoms. The predicted octanol–water partition coefficient (Wildman–Crippen LogP) is -0.216. The highest BCUT2D eigenvalue weighted by Gasteiger charge is 2.27. The lowest BCUT2D eigenvalue weighted by Gasteiger charge is -2.27. The second-order valence-electron chi connectivity index (χ2n) is 2.97. The van der Waals surface area contributed by atoms with E-state index in [0.717, 1.165) is 13.0 Å². The van der Waals surface area contributed by atoms with Crippen molar-refractivity contribution in [2.45, 2.75) is 12.5 Å². The van der Waals surface area contributed by atoms with Gasteiger partial charge in [0.15, 0.2) is 0 Å². The van der Waals surface area contributed by atoms with Gasteiger partial charge in [0.2, 0.25) is 0 Å². The lowest BCUT2D eigenvalue weighted by Crippen LogP contribution is -2.43. The largest absolute Gasteiger partial charge is 0.469 e. The topological polar surface area (TPSA) is 47.6 Å². The second-order valence-corrected chi connectivity index (χ2v) is 2.97. The SMILES string of the molecule is COC(=O)[C@@H]1CNC[C@@H](OC)C1. The maximum atomic E-state index is 11.1. The molecule has 1 fully saturated rings. The summed E-state index contributed by atoms with van der Waals surface area (Å²) < 4.78 is 9.79. The predicted molar refractivity (Wildman–Crippen MR) is 43.8 cm³/mol. The molecular weight excluding hydrogens is 158 g/mol. The summed E-state index contributed by atoms with van der Waals surface area (Å²) in [5, 5.41) is 3.13. The Morgan fingerprint density at radius 1 is 1.42 bits per heavy atom. The molecule has 0 saturated carbocycles. The highest BCUT2D eigenvalue weighted by atomic mass is 16.5. The van der Waals surface area contributed by atoms with Crippen molar-refractivity contribution in [3.63, 3.8) is 0 Å². The first kappa shape index (κ1) is 9.48. The van der Waals surface area contributed by atoms with E-state index in [1.807, 2.05) is 0 Å². The summed E-state index contributed by atoms with van der Waals surface area (Å²) in [4.78, 5) is 11.1. The maximum Gasteiger partial charge on any atom is 0.310 e. The number of esters is 1. The Morgan fingerprint density at radius 2 is 2.17 bits per heavy atom. The van der Waals surface area contributed by atoms with E-state index < -0.39 is 0 Å². The van der Waals surface area contributed by atoms with Crippen molar-refractivity contribution in [1.29, 1.82) is 0 Å². The van der Waals surface area contributed by atoms with Crippen molar-refractivity contribution in [1.82, 2.24) is 5.32 Å². The van der Waals surface area contributed by atoms with Crippen LogP contribution in [0.5, 0.6) is 0 Å². The Kier molecular flexibility index (Phi) is 3.49. The Hall–Kier alpha value is -0.610. The van der Waals surface area contributed by atoms with Crippen LogP contribution in [0, 0.1) is 5.92 Å². The second kappa shape index (κ2) is 4.42. The number of carbonyl (C=O) groups excluding carboxylic acids is 1. The third-order valence-corrected chi connectivity index (χ3v) is 2.18. The number of hydrogen-bond donors (Lipinski definition) is 1. The highest BCUT2D eigenvalue weighted by Crippen LogP contribution is 2.13. The fraction of sp³-hybridized carbons (Fsp3) is 0.875. The molecule has 70 valence electrons. The molecule has 0 aromatic carbocycles. The van der Waals surface area contributed by atoms with Crippen LogP contribution in [0.15, 0.2) is 0 Å². The summed E-state index contributed by atoms with van der Waals surface area (Å²) in [6, 6.07) is 0. The Morgan fingerprint density at radius 3 is 2.75 bits per heavy atom. The molecule has 1 saturated heterocycles. The van der Waals surface area contributed by atoms with Crippen LogP contribution >= 0.6 is 0 Å². The third kappa shape index (κ3) is 2.19. The van der Waals surface area contributed by atoms with Gasteiger partial charge in [0.25, 0.3) is 0 Å². The number of methoxy groups -OCH3 is 2. The van der Waals surface area contributed by atoms with Crippen molar-refractivity contribution in [3.05, 3.63) is 0 Å². The van der Waals surface area contributed by atoms with Gasteiger partial charge in [-0.25, -0.2) is 0 Å². The van der Waals surface area contributed by atoms with E-state index in [0.29, 0.717) is 6.54 Å². The number of nitrogens with one attached hydrogen (secondary N) is 1. The number of ether oxygens (including phenoxy) is 2. The number of rotatable bonds is 2. The Balaban J connectivity index is 2.40. The molecule has 1 rings (SSSR count). The molecule has 4 nitrogen and oxygen atoms in total. The zero-order valence-corrected chi connectivity index (χ0v) is 7.50. The first-order chi connectivity index (χ1) is 5.77. The van der Waals surface area contributed by atoms with Gasteiger partial charge in [0.1, 0.15) is 0 Å². The van der Waals surface area contributed by atoms with Gasteiger partial charge < -0.3 is 14.8 Å². The molecule has 12 heavy (non-hydrogen) atoms. The van der Waals surface area contributed by atoms with Gasteiger partial charge in [-0.3, -0.25) is 4.79 Å². The van der Waals surface area contributed by atoms with Crippen molar-refractivity contribution in [3.8, 4) is 0 Å². The van der Waals surface area contributed by atoms with Crippen molar-refractivity contribution >= 4 is 5.97 Å². The molecule has 4 heteroatoms. The van der Waals surface area contributed by atoms with Gasteiger partial charge in [-0.05, 0) is 6.42 Å². The van der Waals surface area contributed by atoms with Crippen LogP contribution in [-0.4, -0.2) is 39.4 Å². The molecule has 0 amide bonds. The average molecular weight is 173 g/mol. The quantitative estimate of drug-likeness (QED) is 0.587. The lowest BCUT2D eigenvalue weighted by atomic mass is 9.98. The van der Waals surface area contributed by atoms with E-state index in [9.17, 15) is 4.79 Å². The molecule has 1 aliphatic heterocycles. The zero-order chi connectivity index (χ0) is 8.97. The van der Waals surface area contributed by atoms with E-state index in [2.05, 4.69) is 10.1 Å². The number of piperidine rings is 1. The third-order valence-electron chi connectivity index (χ3n) is 2.18. The van der Waals surface area contributed by atoms with Gasteiger partial charge in [-0.15, -0.1) is 0 Å². The first-order valence-corrected chi connectivity index (χ1v) is 4.09. The highest BCUT2D eigenvalue weighted by molar-refractivity contribution is 5.72. The smallest absolute Gasteiger partial charge is 0.310 e. The molecular formula is C8H15NO3. The number of carbonyl (C=O) groups is 1. The van der Waals surface area contributed by atoms with E-state index in [1.54, 1.807) is 7.11 Å². The molecule has 2 atom stereocenters. The van der Waals surface area contributed by atoms with Crippen LogP contribution in [0.1, 0.15) is 6.42 Å². The van der Waals surface area contributed by atoms with Crippen LogP contribution < -0.4 is 5.32 Å². The average Bonchev–Trinajstić information content (AvgIpc) is 2.17. The van der Waals surface area contributed by atoms with Crippen molar-refractivity contribution in [2.75, 3.05) is 27.3 Å². The Bertz CT molecular complexity index is 160. The van der Waals surface area contributed by atoms with E-state index >= 15 is 0 Å². The minimum atomic E-state index is -0.149. The molecule has 1 N–H and O–H groups in total. The molecule has 1 aliphatic rings. The Labute approximate surface area is 72.2 Å². The van der Waals surface area contributed by atoms with E-state index in [-0.39, 0.29) is 18.0 Å². The molecule has 1 heterocycles. The van der Waals surface area contributed by atoms with Gasteiger partial charge >= 0.3 is 5.97 Å². The van der Waals surface area contributed by atoms with Crippen LogP contribution in [-0.2, 0) is 14.3 Å². The van der Waals surface area contributed by atoms with Gasteiger partial charge in [-0.1, -0.05) is 0 Å². The van der Waals surface area contributed by atoms with Gasteiger partial charge in [0.05, 0.1) is 19.1 Å². The van der Waals surface area contributed by atoms with Crippen LogP contribution in [0.3, 0.4) is 0 Å². The minimum absolute atomic E-state index is 0.0475. The summed E-state index contributed by atoms with van der Waals surface area (Å²) >= 11 is 0.